The normalized spacial score (nSPS) is 12.1. The molecule has 0 fully saturated rings. The Hall–Kier alpha value is -0.340. The van der Waals surface area contributed by atoms with Crippen molar-refractivity contribution in [2.45, 2.75) is 66.5 Å². The monoisotopic (exact) mass is 254 g/mol. The molecule has 0 amide bonds. The molecule has 18 heavy (non-hydrogen) atoms. The van der Waals surface area contributed by atoms with E-state index in [1.165, 1.54) is 25.0 Å². The highest BCUT2D eigenvalue weighted by Crippen LogP contribution is 2.13. The molecule has 1 N–H and O–H groups in total. The summed E-state index contributed by atoms with van der Waals surface area (Å²) in [5.41, 5.74) is 1.30. The van der Waals surface area contributed by atoms with Crippen LogP contribution in [0.15, 0.2) is 12.2 Å². The van der Waals surface area contributed by atoms with Gasteiger partial charge in [-0.05, 0) is 24.3 Å². The molecule has 108 valence electrons. The van der Waals surface area contributed by atoms with Crippen LogP contribution in [0, 0.1) is 5.92 Å². The number of nitrogens with one attached hydrogen (secondary N) is 1. The Morgan fingerprint density at radius 2 is 1.67 bits per heavy atom. The van der Waals surface area contributed by atoms with Crippen LogP contribution in [0.4, 0.5) is 0 Å². The molecule has 0 atom stereocenters. The minimum atomic E-state index is 0.536. The summed E-state index contributed by atoms with van der Waals surface area (Å²) < 4.78 is 0. The SMILES string of the molecule is C=C(CNC(C)C)CN(CC(C)C)C(CC)CC. The lowest BCUT2D eigenvalue weighted by Gasteiger charge is -2.32. The molecule has 0 heterocycles. The third-order valence-electron chi connectivity index (χ3n) is 3.25. The molecule has 0 aliphatic carbocycles. The zero-order valence-corrected chi connectivity index (χ0v) is 13.4. The van der Waals surface area contributed by atoms with Gasteiger partial charge in [0.05, 0.1) is 0 Å². The summed E-state index contributed by atoms with van der Waals surface area (Å²) in [5.74, 6) is 0.719. The Bertz CT molecular complexity index is 217. The summed E-state index contributed by atoms with van der Waals surface area (Å²) in [6.07, 6.45) is 2.46. The van der Waals surface area contributed by atoms with Crippen LogP contribution in [0.2, 0.25) is 0 Å². The summed E-state index contributed by atoms with van der Waals surface area (Å²) in [7, 11) is 0. The number of hydrogen-bond acceptors (Lipinski definition) is 2. The third kappa shape index (κ3) is 7.88. The minimum absolute atomic E-state index is 0.536. The predicted octanol–water partition coefficient (Wildman–Crippen LogP) is 3.69. The molecule has 0 saturated heterocycles. The fraction of sp³-hybridized carbons (Fsp3) is 0.875. The van der Waals surface area contributed by atoms with Crippen molar-refractivity contribution in [1.82, 2.24) is 10.2 Å². The van der Waals surface area contributed by atoms with Gasteiger partial charge in [0.25, 0.3) is 0 Å². The number of nitrogens with zero attached hydrogens (tertiary/aromatic N) is 1. The Morgan fingerprint density at radius 1 is 1.11 bits per heavy atom. The maximum atomic E-state index is 4.22. The highest BCUT2D eigenvalue weighted by Gasteiger charge is 2.16. The van der Waals surface area contributed by atoms with E-state index in [1.807, 2.05) is 0 Å². The summed E-state index contributed by atoms with van der Waals surface area (Å²) >= 11 is 0. The fourth-order valence-electron chi connectivity index (χ4n) is 2.31. The summed E-state index contributed by atoms with van der Waals surface area (Å²) in [6, 6.07) is 1.23. The van der Waals surface area contributed by atoms with Gasteiger partial charge in [-0.3, -0.25) is 4.90 Å². The molecule has 0 aromatic carbocycles. The molecule has 0 bridgehead atoms. The quantitative estimate of drug-likeness (QED) is 0.598. The molecule has 0 rings (SSSR count). The van der Waals surface area contributed by atoms with Gasteiger partial charge < -0.3 is 5.32 Å². The lowest BCUT2D eigenvalue weighted by molar-refractivity contribution is 0.179. The van der Waals surface area contributed by atoms with E-state index in [4.69, 9.17) is 0 Å². The zero-order chi connectivity index (χ0) is 14.1. The smallest absolute Gasteiger partial charge is 0.0205 e. The molecule has 0 unspecified atom stereocenters. The van der Waals surface area contributed by atoms with Crippen LogP contribution >= 0.6 is 0 Å². The first-order valence-corrected chi connectivity index (χ1v) is 7.54. The van der Waals surface area contributed by atoms with Crippen LogP contribution in [0.1, 0.15) is 54.4 Å². The van der Waals surface area contributed by atoms with E-state index in [2.05, 4.69) is 58.3 Å². The molecular formula is C16H34N2. The Labute approximate surface area is 115 Å². The molecule has 0 aliphatic rings. The molecule has 0 spiro atoms. The largest absolute Gasteiger partial charge is 0.311 e. The Balaban J connectivity index is 4.34. The second-order valence-electron chi connectivity index (χ2n) is 6.08. The molecule has 0 aromatic rings. The molecule has 0 aliphatic heterocycles. The van der Waals surface area contributed by atoms with Crippen molar-refractivity contribution in [3.8, 4) is 0 Å². The minimum Gasteiger partial charge on any atom is -0.311 e. The Morgan fingerprint density at radius 3 is 2.06 bits per heavy atom. The van der Waals surface area contributed by atoms with Crippen molar-refractivity contribution in [3.63, 3.8) is 0 Å². The van der Waals surface area contributed by atoms with Gasteiger partial charge in [-0.15, -0.1) is 0 Å². The van der Waals surface area contributed by atoms with Crippen molar-refractivity contribution in [2.75, 3.05) is 19.6 Å². The van der Waals surface area contributed by atoms with Crippen LogP contribution in [0.5, 0.6) is 0 Å². The average Bonchev–Trinajstić information content (AvgIpc) is 2.27. The van der Waals surface area contributed by atoms with E-state index in [-0.39, 0.29) is 0 Å². The van der Waals surface area contributed by atoms with E-state index in [1.54, 1.807) is 0 Å². The molecule has 0 aromatic heterocycles. The third-order valence-corrected chi connectivity index (χ3v) is 3.25. The van der Waals surface area contributed by atoms with Gasteiger partial charge in [0.1, 0.15) is 0 Å². The summed E-state index contributed by atoms with van der Waals surface area (Å²) in [4.78, 5) is 2.61. The van der Waals surface area contributed by atoms with E-state index in [0.717, 1.165) is 19.0 Å². The molecular weight excluding hydrogens is 220 g/mol. The van der Waals surface area contributed by atoms with Gasteiger partial charge in [0.15, 0.2) is 0 Å². The zero-order valence-electron chi connectivity index (χ0n) is 13.4. The van der Waals surface area contributed by atoms with Crippen molar-refractivity contribution in [1.29, 1.82) is 0 Å². The van der Waals surface area contributed by atoms with Crippen LogP contribution in [0.3, 0.4) is 0 Å². The van der Waals surface area contributed by atoms with Gasteiger partial charge in [0.2, 0.25) is 0 Å². The second kappa shape index (κ2) is 9.57. The van der Waals surface area contributed by atoms with Gasteiger partial charge in [-0.2, -0.15) is 0 Å². The Kier molecular flexibility index (Phi) is 9.39. The van der Waals surface area contributed by atoms with Gasteiger partial charge in [-0.25, -0.2) is 0 Å². The second-order valence-corrected chi connectivity index (χ2v) is 6.08. The molecule has 0 radical (unpaired) electrons. The highest BCUT2D eigenvalue weighted by atomic mass is 15.2. The first-order valence-electron chi connectivity index (χ1n) is 7.54. The maximum Gasteiger partial charge on any atom is 0.0205 e. The molecule has 2 heteroatoms. The van der Waals surface area contributed by atoms with E-state index < -0.39 is 0 Å². The van der Waals surface area contributed by atoms with E-state index in [0.29, 0.717) is 12.1 Å². The number of rotatable bonds is 10. The van der Waals surface area contributed by atoms with E-state index in [9.17, 15) is 0 Å². The van der Waals surface area contributed by atoms with Gasteiger partial charge in [-0.1, -0.05) is 48.1 Å². The van der Waals surface area contributed by atoms with Crippen LogP contribution < -0.4 is 5.32 Å². The van der Waals surface area contributed by atoms with Crippen molar-refractivity contribution >= 4 is 0 Å². The summed E-state index contributed by atoms with van der Waals surface area (Å²) in [5, 5.41) is 3.45. The van der Waals surface area contributed by atoms with Crippen LogP contribution in [-0.2, 0) is 0 Å². The van der Waals surface area contributed by atoms with Gasteiger partial charge >= 0.3 is 0 Å². The fourth-order valence-corrected chi connectivity index (χ4v) is 2.31. The van der Waals surface area contributed by atoms with E-state index >= 15 is 0 Å². The highest BCUT2D eigenvalue weighted by molar-refractivity contribution is 5.01. The predicted molar refractivity (Wildman–Crippen MR) is 83.1 cm³/mol. The average molecular weight is 254 g/mol. The first kappa shape index (κ1) is 17.7. The molecule has 0 saturated carbocycles. The lowest BCUT2D eigenvalue weighted by atomic mass is 10.1. The van der Waals surface area contributed by atoms with Gasteiger partial charge in [0, 0.05) is 31.7 Å². The number of hydrogen-bond donors (Lipinski definition) is 1. The maximum absolute atomic E-state index is 4.22. The lowest BCUT2D eigenvalue weighted by Crippen LogP contribution is -2.40. The van der Waals surface area contributed by atoms with Crippen molar-refractivity contribution in [2.24, 2.45) is 5.92 Å². The van der Waals surface area contributed by atoms with Crippen LogP contribution in [0.25, 0.3) is 0 Å². The summed E-state index contributed by atoms with van der Waals surface area (Å²) in [6.45, 7) is 20.9. The standard InChI is InChI=1S/C16H34N2/c1-8-16(9-2)18(11-13(3)4)12-15(7)10-17-14(5)6/h13-14,16-17H,7-12H2,1-6H3. The molecule has 2 nitrogen and oxygen atoms in total. The topological polar surface area (TPSA) is 15.3 Å². The van der Waals surface area contributed by atoms with Crippen molar-refractivity contribution < 1.29 is 0 Å². The van der Waals surface area contributed by atoms with Crippen molar-refractivity contribution in [3.05, 3.63) is 12.2 Å². The van der Waals surface area contributed by atoms with Crippen LogP contribution in [-0.4, -0.2) is 36.6 Å². The first-order chi connectivity index (χ1) is 8.40.